The van der Waals surface area contributed by atoms with Gasteiger partial charge in [0.2, 0.25) is 11.1 Å². The fourth-order valence-electron chi connectivity index (χ4n) is 2.22. The second-order valence-corrected chi connectivity index (χ2v) is 5.62. The Bertz CT molecular complexity index is 826. The summed E-state index contributed by atoms with van der Waals surface area (Å²) in [6.07, 6.45) is 0. The number of aryl methyl sites for hydroxylation is 2. The van der Waals surface area contributed by atoms with Crippen LogP contribution < -0.4 is 5.73 Å². The summed E-state index contributed by atoms with van der Waals surface area (Å²) >= 11 is 1.19. The van der Waals surface area contributed by atoms with Crippen LogP contribution in [-0.2, 0) is 4.79 Å². The second-order valence-electron chi connectivity index (χ2n) is 4.68. The zero-order valence-corrected chi connectivity index (χ0v) is 11.9. The highest BCUT2D eigenvalue weighted by atomic mass is 32.2. The van der Waals surface area contributed by atoms with Gasteiger partial charge in [-0.1, -0.05) is 23.4 Å². The van der Waals surface area contributed by atoms with Gasteiger partial charge in [0.15, 0.2) is 5.65 Å². The van der Waals surface area contributed by atoms with Gasteiger partial charge in [0.25, 0.3) is 0 Å². The molecule has 0 atom stereocenters. The molecule has 0 aliphatic carbocycles. The minimum absolute atomic E-state index is 0.146. The number of H-pyrrole nitrogens is 1. The van der Waals surface area contributed by atoms with Gasteiger partial charge in [-0.2, -0.15) is 0 Å². The molecule has 0 saturated carbocycles. The molecule has 0 spiro atoms. The van der Waals surface area contributed by atoms with Crippen LogP contribution in [0, 0.1) is 13.8 Å². The van der Waals surface area contributed by atoms with E-state index < -0.39 is 5.91 Å². The molecule has 102 valence electrons. The fraction of sp³-hybridized carbons (Fsp3) is 0.231. The number of nitrogens with two attached hydrogens (primary N) is 1. The normalized spacial score (nSPS) is 11.3. The first-order valence-electron chi connectivity index (χ1n) is 6.09. The maximum absolute atomic E-state index is 10.8. The van der Waals surface area contributed by atoms with E-state index in [0.717, 1.165) is 22.0 Å². The number of aromatic nitrogens is 4. The lowest BCUT2D eigenvalue weighted by Gasteiger charge is -1.99. The van der Waals surface area contributed by atoms with Gasteiger partial charge in [0.05, 0.1) is 11.3 Å². The van der Waals surface area contributed by atoms with Gasteiger partial charge >= 0.3 is 0 Å². The van der Waals surface area contributed by atoms with E-state index in [2.05, 4.69) is 32.3 Å². The quantitative estimate of drug-likeness (QED) is 0.714. The molecule has 0 saturated heterocycles. The first kappa shape index (κ1) is 12.9. The number of hydrogen-bond donors (Lipinski definition) is 2. The van der Waals surface area contributed by atoms with Crippen molar-refractivity contribution >= 4 is 39.7 Å². The van der Waals surface area contributed by atoms with Gasteiger partial charge < -0.3 is 10.7 Å². The van der Waals surface area contributed by atoms with Crippen molar-refractivity contribution in [1.82, 2.24) is 20.2 Å². The van der Waals surface area contributed by atoms with E-state index in [1.54, 1.807) is 0 Å². The Morgan fingerprint density at radius 2 is 2.15 bits per heavy atom. The molecule has 20 heavy (non-hydrogen) atoms. The molecular weight excluding hydrogens is 274 g/mol. The average molecular weight is 287 g/mol. The molecular formula is C13H13N5OS. The Hall–Kier alpha value is -2.15. The smallest absolute Gasteiger partial charge is 0.227 e. The lowest BCUT2D eigenvalue weighted by Crippen LogP contribution is -2.13. The maximum Gasteiger partial charge on any atom is 0.227 e. The molecule has 7 heteroatoms. The molecule has 3 N–H and O–H groups in total. The minimum atomic E-state index is -0.399. The molecule has 0 unspecified atom stereocenters. The summed E-state index contributed by atoms with van der Waals surface area (Å²) in [6, 6.07) is 4.17. The van der Waals surface area contributed by atoms with Gasteiger partial charge in [-0.05, 0) is 25.5 Å². The highest BCUT2D eigenvalue weighted by molar-refractivity contribution is 7.99. The van der Waals surface area contributed by atoms with Crippen LogP contribution in [-0.4, -0.2) is 31.8 Å². The first-order valence-corrected chi connectivity index (χ1v) is 7.07. The van der Waals surface area contributed by atoms with Crippen molar-refractivity contribution in [2.45, 2.75) is 19.0 Å². The number of primary amides is 1. The van der Waals surface area contributed by atoms with Crippen LogP contribution >= 0.6 is 11.8 Å². The van der Waals surface area contributed by atoms with Crippen LogP contribution in [0.3, 0.4) is 0 Å². The predicted molar refractivity (Wildman–Crippen MR) is 78.6 cm³/mol. The lowest BCUT2D eigenvalue weighted by molar-refractivity contribution is -0.115. The molecule has 0 fully saturated rings. The number of hydrogen-bond acceptors (Lipinski definition) is 5. The monoisotopic (exact) mass is 287 g/mol. The highest BCUT2D eigenvalue weighted by Crippen LogP contribution is 2.27. The topological polar surface area (TPSA) is 97.5 Å². The number of rotatable bonds is 3. The van der Waals surface area contributed by atoms with Crippen LogP contribution in [0.5, 0.6) is 0 Å². The van der Waals surface area contributed by atoms with Gasteiger partial charge in [-0.15, -0.1) is 10.2 Å². The zero-order valence-electron chi connectivity index (χ0n) is 11.1. The van der Waals surface area contributed by atoms with Gasteiger partial charge in [-0.3, -0.25) is 4.79 Å². The van der Waals surface area contributed by atoms with Crippen molar-refractivity contribution < 1.29 is 4.79 Å². The van der Waals surface area contributed by atoms with Crippen LogP contribution in [0.25, 0.3) is 22.1 Å². The number of thioether (sulfide) groups is 1. The summed E-state index contributed by atoms with van der Waals surface area (Å²) in [5, 5.41) is 9.59. The third-order valence-electron chi connectivity index (χ3n) is 2.99. The Labute approximate surface area is 119 Å². The molecule has 6 nitrogen and oxygen atoms in total. The Morgan fingerprint density at radius 1 is 1.35 bits per heavy atom. The summed E-state index contributed by atoms with van der Waals surface area (Å²) < 4.78 is 0. The summed E-state index contributed by atoms with van der Waals surface area (Å²) in [6.45, 7) is 4.09. The maximum atomic E-state index is 10.8. The number of carbonyl (C=O) groups excluding carboxylic acids is 1. The third kappa shape index (κ3) is 2.20. The minimum Gasteiger partial charge on any atom is -0.369 e. The van der Waals surface area contributed by atoms with Crippen molar-refractivity contribution in [2.75, 3.05) is 5.75 Å². The first-order chi connectivity index (χ1) is 9.54. The molecule has 2 aromatic heterocycles. The van der Waals surface area contributed by atoms with E-state index >= 15 is 0 Å². The van der Waals surface area contributed by atoms with E-state index in [1.807, 2.05) is 13.8 Å². The zero-order chi connectivity index (χ0) is 14.3. The standard InChI is InChI=1S/C13H13N5OS/c1-6-3-7(2)10-8(4-6)11-12(15-10)17-18-13(16-11)20-5-9(14)19/h3-4H,5H2,1-2H3,(H2,14,19)(H,15,17). The van der Waals surface area contributed by atoms with E-state index in [0.29, 0.717) is 10.8 Å². The number of aromatic amines is 1. The van der Waals surface area contributed by atoms with Crippen molar-refractivity contribution in [3.8, 4) is 0 Å². The van der Waals surface area contributed by atoms with E-state index in [-0.39, 0.29) is 5.75 Å². The number of amides is 1. The summed E-state index contributed by atoms with van der Waals surface area (Å²) in [4.78, 5) is 18.5. The SMILES string of the molecule is Cc1cc(C)c2[nH]c3nnc(SCC(N)=O)nc3c2c1. The Balaban J connectivity index is 2.17. The fourth-order valence-corrected chi connectivity index (χ4v) is 2.74. The van der Waals surface area contributed by atoms with Crippen molar-refractivity contribution in [2.24, 2.45) is 5.73 Å². The summed E-state index contributed by atoms with van der Waals surface area (Å²) in [5.74, 6) is -0.252. The Kier molecular flexibility index (Phi) is 3.06. The van der Waals surface area contributed by atoms with Gasteiger partial charge in [-0.25, -0.2) is 4.98 Å². The predicted octanol–water partition coefficient (Wildman–Crippen LogP) is 1.70. The van der Waals surface area contributed by atoms with Crippen molar-refractivity contribution in [1.29, 1.82) is 0 Å². The van der Waals surface area contributed by atoms with Crippen LogP contribution in [0.15, 0.2) is 17.3 Å². The van der Waals surface area contributed by atoms with Gasteiger partial charge in [0, 0.05) is 5.39 Å². The molecule has 3 aromatic rings. The van der Waals surface area contributed by atoms with Crippen LogP contribution in [0.1, 0.15) is 11.1 Å². The van der Waals surface area contributed by atoms with E-state index in [1.165, 1.54) is 17.3 Å². The lowest BCUT2D eigenvalue weighted by atomic mass is 10.1. The largest absolute Gasteiger partial charge is 0.369 e. The number of benzene rings is 1. The molecule has 2 heterocycles. The molecule has 1 amide bonds. The second kappa shape index (κ2) is 4.75. The third-order valence-corrected chi connectivity index (χ3v) is 3.85. The Morgan fingerprint density at radius 3 is 2.90 bits per heavy atom. The number of fused-ring (bicyclic) bond motifs is 3. The highest BCUT2D eigenvalue weighted by Gasteiger charge is 2.12. The van der Waals surface area contributed by atoms with Crippen LogP contribution in [0.4, 0.5) is 0 Å². The molecule has 0 radical (unpaired) electrons. The molecule has 1 aromatic carbocycles. The average Bonchev–Trinajstić information content (AvgIpc) is 2.75. The van der Waals surface area contributed by atoms with E-state index in [9.17, 15) is 4.79 Å². The molecule has 0 aliphatic rings. The molecule has 3 rings (SSSR count). The van der Waals surface area contributed by atoms with Crippen molar-refractivity contribution in [3.05, 3.63) is 23.3 Å². The van der Waals surface area contributed by atoms with Gasteiger partial charge in [0.1, 0.15) is 5.52 Å². The van der Waals surface area contributed by atoms with E-state index in [4.69, 9.17) is 5.73 Å². The summed E-state index contributed by atoms with van der Waals surface area (Å²) in [7, 11) is 0. The van der Waals surface area contributed by atoms with Crippen LogP contribution in [0.2, 0.25) is 0 Å². The summed E-state index contributed by atoms with van der Waals surface area (Å²) in [5.41, 5.74) is 9.87. The number of nitrogens with one attached hydrogen (secondary N) is 1. The van der Waals surface area contributed by atoms with Crippen molar-refractivity contribution in [3.63, 3.8) is 0 Å². The number of carbonyl (C=O) groups is 1. The number of nitrogens with zero attached hydrogens (tertiary/aromatic N) is 3. The molecule has 0 aliphatic heterocycles. The molecule has 0 bridgehead atoms.